The Morgan fingerprint density at radius 1 is 1.10 bits per heavy atom. The van der Waals surface area contributed by atoms with Gasteiger partial charge in [0.25, 0.3) is 5.91 Å². The Morgan fingerprint density at radius 3 is 2.70 bits per heavy atom. The quantitative estimate of drug-likeness (QED) is 0.788. The Bertz CT molecular complexity index is 521. The molecule has 108 valence electrons. The lowest BCUT2D eigenvalue weighted by atomic mass is 10.1. The molecule has 0 aromatic heterocycles. The minimum Gasteiger partial charge on any atom is -0.337 e. The number of nitrogens with zero attached hydrogens (tertiary/aromatic N) is 2. The second-order valence-electron chi connectivity index (χ2n) is 5.57. The summed E-state index contributed by atoms with van der Waals surface area (Å²) in [6.07, 6.45) is 3.23. The fraction of sp³-hybridized carbons (Fsp3) is 0.533. The molecular formula is C15H18F2N2O. The first-order chi connectivity index (χ1) is 9.65. The predicted octanol–water partition coefficient (Wildman–Crippen LogP) is 2.28. The summed E-state index contributed by atoms with van der Waals surface area (Å²) in [7, 11) is 0. The number of hydrogen-bond donors (Lipinski definition) is 0. The van der Waals surface area contributed by atoms with Gasteiger partial charge in [-0.2, -0.15) is 0 Å². The second kappa shape index (κ2) is 5.48. The highest BCUT2D eigenvalue weighted by Crippen LogP contribution is 2.22. The molecule has 0 aliphatic carbocycles. The number of hydrogen-bond acceptors (Lipinski definition) is 2. The molecule has 2 saturated heterocycles. The summed E-state index contributed by atoms with van der Waals surface area (Å²) in [6, 6.07) is 3.79. The van der Waals surface area contributed by atoms with Crippen LogP contribution in [0.2, 0.25) is 0 Å². The number of carbonyl (C=O) groups excluding carboxylic acids is 1. The first-order valence-electron chi connectivity index (χ1n) is 7.13. The van der Waals surface area contributed by atoms with Crippen molar-refractivity contribution in [3.8, 4) is 0 Å². The predicted molar refractivity (Wildman–Crippen MR) is 71.5 cm³/mol. The zero-order chi connectivity index (χ0) is 14.1. The summed E-state index contributed by atoms with van der Waals surface area (Å²) in [5.74, 6) is -2.08. The van der Waals surface area contributed by atoms with Crippen LogP contribution in [0.15, 0.2) is 18.2 Å². The molecule has 3 nitrogen and oxygen atoms in total. The topological polar surface area (TPSA) is 23.6 Å². The van der Waals surface area contributed by atoms with E-state index in [1.807, 2.05) is 0 Å². The van der Waals surface area contributed by atoms with E-state index < -0.39 is 11.6 Å². The molecule has 1 unspecified atom stereocenters. The van der Waals surface area contributed by atoms with Crippen LogP contribution in [0.1, 0.15) is 29.6 Å². The van der Waals surface area contributed by atoms with Crippen molar-refractivity contribution >= 4 is 5.91 Å². The summed E-state index contributed by atoms with van der Waals surface area (Å²) in [5.41, 5.74) is 0.232. The molecule has 20 heavy (non-hydrogen) atoms. The van der Waals surface area contributed by atoms with Gasteiger partial charge < -0.3 is 4.90 Å². The fourth-order valence-corrected chi connectivity index (χ4v) is 3.20. The van der Waals surface area contributed by atoms with Crippen LogP contribution in [0.4, 0.5) is 8.78 Å². The Kier molecular flexibility index (Phi) is 3.70. The van der Waals surface area contributed by atoms with E-state index in [2.05, 4.69) is 4.90 Å². The molecule has 2 heterocycles. The van der Waals surface area contributed by atoms with Crippen molar-refractivity contribution in [2.45, 2.75) is 25.3 Å². The summed E-state index contributed by atoms with van der Waals surface area (Å²) >= 11 is 0. The number of fused-ring (bicyclic) bond motifs is 1. The van der Waals surface area contributed by atoms with Crippen molar-refractivity contribution in [2.75, 3.05) is 26.2 Å². The maximum Gasteiger partial charge on any atom is 0.254 e. The van der Waals surface area contributed by atoms with Gasteiger partial charge in [-0.15, -0.1) is 0 Å². The van der Waals surface area contributed by atoms with E-state index in [-0.39, 0.29) is 11.5 Å². The molecule has 0 N–H and O–H groups in total. The Balaban J connectivity index is 1.77. The molecule has 1 atom stereocenters. The number of halogens is 2. The fourth-order valence-electron chi connectivity index (χ4n) is 3.20. The minimum absolute atomic E-state index is 0.197. The Hall–Kier alpha value is -1.49. The molecule has 1 aromatic carbocycles. The van der Waals surface area contributed by atoms with Gasteiger partial charge in [0, 0.05) is 31.2 Å². The first kappa shape index (κ1) is 13.5. The van der Waals surface area contributed by atoms with E-state index in [1.165, 1.54) is 12.5 Å². The third-order valence-electron chi connectivity index (χ3n) is 4.26. The van der Waals surface area contributed by atoms with E-state index in [9.17, 15) is 13.6 Å². The van der Waals surface area contributed by atoms with E-state index in [0.29, 0.717) is 19.1 Å². The van der Waals surface area contributed by atoms with Crippen molar-refractivity contribution in [1.29, 1.82) is 0 Å². The summed E-state index contributed by atoms with van der Waals surface area (Å²) in [4.78, 5) is 16.6. The van der Waals surface area contributed by atoms with Crippen molar-refractivity contribution in [3.63, 3.8) is 0 Å². The number of benzene rings is 1. The average Bonchev–Trinajstić information content (AvgIpc) is 2.78. The highest BCUT2D eigenvalue weighted by molar-refractivity contribution is 5.94. The maximum absolute atomic E-state index is 13.2. The summed E-state index contributed by atoms with van der Waals surface area (Å²) in [6.45, 7) is 3.51. The van der Waals surface area contributed by atoms with Gasteiger partial charge in [0.15, 0.2) is 11.6 Å². The highest BCUT2D eigenvalue weighted by Gasteiger charge is 2.30. The molecule has 5 heteroatoms. The van der Waals surface area contributed by atoms with Gasteiger partial charge in [0.1, 0.15) is 0 Å². The Labute approximate surface area is 117 Å². The first-order valence-corrected chi connectivity index (χ1v) is 7.13. The van der Waals surface area contributed by atoms with Crippen LogP contribution >= 0.6 is 0 Å². The largest absolute Gasteiger partial charge is 0.337 e. The molecular weight excluding hydrogens is 262 g/mol. The number of carbonyl (C=O) groups is 1. The van der Waals surface area contributed by atoms with Crippen LogP contribution in [0.5, 0.6) is 0 Å². The van der Waals surface area contributed by atoms with Gasteiger partial charge in [-0.1, -0.05) is 0 Å². The van der Waals surface area contributed by atoms with Gasteiger partial charge in [0.05, 0.1) is 0 Å². The SMILES string of the molecule is O=C(c1ccc(F)c(F)c1)N1CCCN2CCCC2C1. The molecule has 2 aliphatic rings. The highest BCUT2D eigenvalue weighted by atomic mass is 19.2. The lowest BCUT2D eigenvalue weighted by Gasteiger charge is -2.25. The zero-order valence-electron chi connectivity index (χ0n) is 11.3. The van der Waals surface area contributed by atoms with Crippen LogP contribution in [-0.2, 0) is 0 Å². The molecule has 2 aliphatic heterocycles. The van der Waals surface area contributed by atoms with E-state index in [1.54, 1.807) is 4.90 Å². The average molecular weight is 280 g/mol. The maximum atomic E-state index is 13.2. The summed E-state index contributed by atoms with van der Waals surface area (Å²) in [5, 5.41) is 0. The van der Waals surface area contributed by atoms with Crippen molar-refractivity contribution < 1.29 is 13.6 Å². The van der Waals surface area contributed by atoms with Gasteiger partial charge in [0.2, 0.25) is 0 Å². The zero-order valence-corrected chi connectivity index (χ0v) is 11.3. The Morgan fingerprint density at radius 2 is 1.90 bits per heavy atom. The van der Waals surface area contributed by atoms with Gasteiger partial charge >= 0.3 is 0 Å². The molecule has 3 rings (SSSR count). The lowest BCUT2D eigenvalue weighted by Crippen LogP contribution is -2.39. The minimum atomic E-state index is -0.965. The van der Waals surface area contributed by atoms with E-state index in [0.717, 1.165) is 38.1 Å². The molecule has 0 saturated carbocycles. The molecule has 0 radical (unpaired) electrons. The third kappa shape index (κ3) is 2.54. The van der Waals surface area contributed by atoms with E-state index in [4.69, 9.17) is 0 Å². The normalized spacial score (nSPS) is 23.5. The molecule has 0 spiro atoms. The molecule has 1 aromatic rings. The van der Waals surface area contributed by atoms with Crippen molar-refractivity contribution in [2.24, 2.45) is 0 Å². The van der Waals surface area contributed by atoms with Gasteiger partial charge in [-0.3, -0.25) is 9.69 Å². The van der Waals surface area contributed by atoms with E-state index >= 15 is 0 Å². The lowest BCUT2D eigenvalue weighted by molar-refractivity contribution is 0.0743. The van der Waals surface area contributed by atoms with Crippen LogP contribution in [0, 0.1) is 11.6 Å². The second-order valence-corrected chi connectivity index (χ2v) is 5.57. The van der Waals surface area contributed by atoms with Crippen LogP contribution in [0.3, 0.4) is 0 Å². The number of amides is 1. The molecule has 1 amide bonds. The van der Waals surface area contributed by atoms with Crippen molar-refractivity contribution in [3.05, 3.63) is 35.4 Å². The smallest absolute Gasteiger partial charge is 0.254 e. The van der Waals surface area contributed by atoms with Crippen molar-refractivity contribution in [1.82, 2.24) is 9.80 Å². The number of rotatable bonds is 1. The van der Waals surface area contributed by atoms with Crippen LogP contribution in [-0.4, -0.2) is 47.9 Å². The molecule has 0 bridgehead atoms. The van der Waals surface area contributed by atoms with Gasteiger partial charge in [-0.25, -0.2) is 8.78 Å². The monoisotopic (exact) mass is 280 g/mol. The summed E-state index contributed by atoms with van der Waals surface area (Å²) < 4.78 is 26.2. The van der Waals surface area contributed by atoms with Crippen LogP contribution in [0.25, 0.3) is 0 Å². The van der Waals surface area contributed by atoms with Gasteiger partial charge in [-0.05, 0) is 44.0 Å². The standard InChI is InChI=1S/C15H18F2N2O/c16-13-5-4-11(9-14(13)17)15(20)19-8-2-7-18-6-1-3-12(18)10-19/h4-5,9,12H,1-3,6-8,10H2. The molecule has 2 fully saturated rings. The third-order valence-corrected chi connectivity index (χ3v) is 4.26. The van der Waals surface area contributed by atoms with Crippen LogP contribution < -0.4 is 0 Å².